The third-order valence-corrected chi connectivity index (χ3v) is 2.94. The number of hydrogen-bond donors (Lipinski definition) is 2. The number of esters is 1. The van der Waals surface area contributed by atoms with E-state index < -0.39 is 5.97 Å². The number of nitrogens with one attached hydrogen (secondary N) is 1. The molecule has 0 aliphatic rings. The predicted molar refractivity (Wildman–Crippen MR) is 69.0 cm³/mol. The summed E-state index contributed by atoms with van der Waals surface area (Å²) in [5, 5.41) is 10.7. The maximum absolute atomic E-state index is 11.5. The van der Waals surface area contributed by atoms with Gasteiger partial charge in [0.05, 0.1) is 12.8 Å². The number of methoxy groups -OCH3 is 1. The van der Waals surface area contributed by atoms with E-state index in [1.54, 1.807) is 31.2 Å². The lowest BCUT2D eigenvalue weighted by molar-refractivity contribution is 0.0597. The fourth-order valence-corrected chi connectivity index (χ4v) is 1.92. The number of aromatic nitrogens is 1. The summed E-state index contributed by atoms with van der Waals surface area (Å²) in [5.41, 5.74) is 1.94. The number of carbonyl (C=O) groups excluding carboxylic acids is 1. The Labute approximate surface area is 109 Å². The lowest BCUT2D eigenvalue weighted by Crippen LogP contribution is -2.01. The number of rotatable bonds is 2. The standard InChI is InChI=1S/C13H12ClNO3/c1-7-10(13(17)18-2)12(16)11(15-7)8-3-5-9(14)6-4-8/h3-6,15-16H,1-2H3. The number of aromatic amines is 1. The van der Waals surface area contributed by atoms with Crippen molar-refractivity contribution in [1.82, 2.24) is 4.98 Å². The summed E-state index contributed by atoms with van der Waals surface area (Å²) >= 11 is 5.80. The van der Waals surface area contributed by atoms with E-state index in [4.69, 9.17) is 11.6 Å². The molecule has 1 aromatic carbocycles. The highest BCUT2D eigenvalue weighted by Gasteiger charge is 2.21. The van der Waals surface area contributed by atoms with Crippen molar-refractivity contribution in [2.24, 2.45) is 0 Å². The Morgan fingerprint density at radius 1 is 1.33 bits per heavy atom. The van der Waals surface area contributed by atoms with Gasteiger partial charge in [-0.05, 0) is 19.1 Å². The smallest absolute Gasteiger partial charge is 0.343 e. The van der Waals surface area contributed by atoms with Crippen LogP contribution in [0.5, 0.6) is 5.75 Å². The third kappa shape index (κ3) is 2.07. The molecular formula is C13H12ClNO3. The molecule has 1 aromatic heterocycles. The monoisotopic (exact) mass is 265 g/mol. The van der Waals surface area contributed by atoms with Gasteiger partial charge in [-0.25, -0.2) is 4.79 Å². The zero-order valence-corrected chi connectivity index (χ0v) is 10.7. The number of carbonyl (C=O) groups is 1. The summed E-state index contributed by atoms with van der Waals surface area (Å²) in [6.07, 6.45) is 0. The van der Waals surface area contributed by atoms with E-state index in [-0.39, 0.29) is 11.3 Å². The van der Waals surface area contributed by atoms with Crippen molar-refractivity contribution in [3.8, 4) is 17.0 Å². The highest BCUT2D eigenvalue weighted by molar-refractivity contribution is 6.30. The van der Waals surface area contributed by atoms with E-state index in [1.807, 2.05) is 0 Å². The minimum atomic E-state index is -0.568. The SMILES string of the molecule is COC(=O)c1c(C)[nH]c(-c2ccc(Cl)cc2)c1O. The molecule has 0 fully saturated rings. The zero-order valence-electron chi connectivity index (χ0n) is 9.95. The Morgan fingerprint density at radius 2 is 1.94 bits per heavy atom. The first-order valence-electron chi connectivity index (χ1n) is 5.30. The van der Waals surface area contributed by atoms with Crippen LogP contribution >= 0.6 is 11.6 Å². The van der Waals surface area contributed by atoms with Gasteiger partial charge in [0.2, 0.25) is 0 Å². The van der Waals surface area contributed by atoms with Crippen LogP contribution in [0.3, 0.4) is 0 Å². The van der Waals surface area contributed by atoms with Crippen molar-refractivity contribution in [2.45, 2.75) is 6.92 Å². The molecule has 0 radical (unpaired) electrons. The highest BCUT2D eigenvalue weighted by atomic mass is 35.5. The normalized spacial score (nSPS) is 10.4. The van der Waals surface area contributed by atoms with E-state index in [0.717, 1.165) is 5.56 Å². The van der Waals surface area contributed by atoms with Gasteiger partial charge in [0, 0.05) is 16.3 Å². The van der Waals surface area contributed by atoms with Crippen molar-refractivity contribution in [2.75, 3.05) is 7.11 Å². The Bertz CT molecular complexity index is 587. The second kappa shape index (κ2) is 4.74. The highest BCUT2D eigenvalue weighted by Crippen LogP contribution is 2.34. The van der Waals surface area contributed by atoms with Crippen LogP contribution in [0, 0.1) is 6.92 Å². The van der Waals surface area contributed by atoms with Gasteiger partial charge in [-0.2, -0.15) is 0 Å². The maximum atomic E-state index is 11.5. The number of aromatic hydroxyl groups is 1. The van der Waals surface area contributed by atoms with E-state index in [9.17, 15) is 9.90 Å². The van der Waals surface area contributed by atoms with Crippen molar-refractivity contribution in [1.29, 1.82) is 0 Å². The van der Waals surface area contributed by atoms with Gasteiger partial charge in [0.1, 0.15) is 5.56 Å². The van der Waals surface area contributed by atoms with Gasteiger partial charge in [-0.15, -0.1) is 0 Å². The molecule has 2 N–H and O–H groups in total. The number of aryl methyl sites for hydroxylation is 1. The molecule has 0 aliphatic heterocycles. The first-order valence-corrected chi connectivity index (χ1v) is 5.68. The Kier molecular flexibility index (Phi) is 3.30. The van der Waals surface area contributed by atoms with Crippen LogP contribution in [-0.2, 0) is 4.74 Å². The molecule has 0 aliphatic carbocycles. The van der Waals surface area contributed by atoms with Crippen molar-refractivity contribution in [3.63, 3.8) is 0 Å². The minimum absolute atomic E-state index is 0.110. The summed E-state index contributed by atoms with van der Waals surface area (Å²) in [4.78, 5) is 14.5. The summed E-state index contributed by atoms with van der Waals surface area (Å²) in [7, 11) is 1.27. The van der Waals surface area contributed by atoms with Crippen LogP contribution in [0.2, 0.25) is 5.02 Å². The molecule has 0 atom stereocenters. The molecule has 0 spiro atoms. The number of halogens is 1. The molecule has 94 valence electrons. The summed E-state index contributed by atoms with van der Waals surface area (Å²) < 4.78 is 4.63. The fraction of sp³-hybridized carbons (Fsp3) is 0.154. The molecule has 0 amide bonds. The molecule has 18 heavy (non-hydrogen) atoms. The van der Waals surface area contributed by atoms with Crippen LogP contribution in [0.25, 0.3) is 11.3 Å². The van der Waals surface area contributed by atoms with Crippen LogP contribution in [-0.4, -0.2) is 23.2 Å². The Morgan fingerprint density at radius 3 is 2.50 bits per heavy atom. The number of benzene rings is 1. The van der Waals surface area contributed by atoms with E-state index in [1.165, 1.54) is 7.11 Å². The fourth-order valence-electron chi connectivity index (χ4n) is 1.79. The molecule has 1 heterocycles. The van der Waals surface area contributed by atoms with Crippen molar-refractivity contribution >= 4 is 17.6 Å². The zero-order chi connectivity index (χ0) is 13.3. The molecule has 5 heteroatoms. The number of ether oxygens (including phenoxy) is 1. The lowest BCUT2D eigenvalue weighted by atomic mass is 10.1. The van der Waals surface area contributed by atoms with Crippen LogP contribution < -0.4 is 0 Å². The van der Waals surface area contributed by atoms with Gasteiger partial charge in [-0.1, -0.05) is 23.7 Å². The van der Waals surface area contributed by atoms with Crippen LogP contribution in [0.1, 0.15) is 16.1 Å². The van der Waals surface area contributed by atoms with Gasteiger partial charge in [0.25, 0.3) is 0 Å². The van der Waals surface area contributed by atoms with E-state index >= 15 is 0 Å². The van der Waals surface area contributed by atoms with E-state index in [0.29, 0.717) is 16.4 Å². The summed E-state index contributed by atoms with van der Waals surface area (Å²) in [5.74, 6) is -0.678. The third-order valence-electron chi connectivity index (χ3n) is 2.68. The first-order chi connectivity index (χ1) is 8.54. The number of H-pyrrole nitrogens is 1. The molecule has 0 saturated carbocycles. The quantitative estimate of drug-likeness (QED) is 0.820. The lowest BCUT2D eigenvalue weighted by Gasteiger charge is -2.00. The average molecular weight is 266 g/mol. The maximum Gasteiger partial charge on any atom is 0.343 e. The molecule has 2 rings (SSSR count). The Balaban J connectivity index is 2.53. The van der Waals surface area contributed by atoms with Gasteiger partial charge >= 0.3 is 5.97 Å². The number of hydrogen-bond acceptors (Lipinski definition) is 3. The van der Waals surface area contributed by atoms with Crippen molar-refractivity contribution in [3.05, 3.63) is 40.5 Å². The molecule has 2 aromatic rings. The van der Waals surface area contributed by atoms with Gasteiger partial charge in [-0.3, -0.25) is 0 Å². The largest absolute Gasteiger partial charge is 0.505 e. The van der Waals surface area contributed by atoms with E-state index in [2.05, 4.69) is 9.72 Å². The second-order valence-corrected chi connectivity index (χ2v) is 4.28. The molecular weight excluding hydrogens is 254 g/mol. The van der Waals surface area contributed by atoms with Crippen LogP contribution in [0.4, 0.5) is 0 Å². The topological polar surface area (TPSA) is 62.3 Å². The first kappa shape index (κ1) is 12.5. The summed E-state index contributed by atoms with van der Waals surface area (Å²) in [6, 6.07) is 6.94. The molecule has 0 bridgehead atoms. The molecule has 4 nitrogen and oxygen atoms in total. The predicted octanol–water partition coefficient (Wildman–Crippen LogP) is 3.14. The Hall–Kier alpha value is -1.94. The summed E-state index contributed by atoms with van der Waals surface area (Å²) in [6.45, 7) is 1.70. The molecule has 0 saturated heterocycles. The van der Waals surface area contributed by atoms with Crippen LogP contribution in [0.15, 0.2) is 24.3 Å². The minimum Gasteiger partial charge on any atom is -0.505 e. The average Bonchev–Trinajstić information content (AvgIpc) is 2.65. The molecule has 0 unspecified atom stereocenters. The van der Waals surface area contributed by atoms with Gasteiger partial charge < -0.3 is 14.8 Å². The second-order valence-electron chi connectivity index (χ2n) is 3.85. The van der Waals surface area contributed by atoms with Crippen molar-refractivity contribution < 1.29 is 14.6 Å². The van der Waals surface area contributed by atoms with Gasteiger partial charge in [0.15, 0.2) is 5.75 Å².